The first-order chi connectivity index (χ1) is 13.2. The van der Waals surface area contributed by atoms with Crippen LogP contribution in [-0.2, 0) is 20.7 Å². The third-order valence-electron chi connectivity index (χ3n) is 6.08. The van der Waals surface area contributed by atoms with Crippen molar-refractivity contribution in [1.29, 1.82) is 0 Å². The fourth-order valence-corrected chi connectivity index (χ4v) is 4.80. The molecule has 0 spiro atoms. The molecule has 1 aromatic carbocycles. The van der Waals surface area contributed by atoms with Gasteiger partial charge in [-0.25, -0.2) is 4.79 Å². The van der Waals surface area contributed by atoms with Crippen LogP contribution >= 0.6 is 0 Å². The third-order valence-corrected chi connectivity index (χ3v) is 6.08. The van der Waals surface area contributed by atoms with Crippen molar-refractivity contribution in [2.24, 2.45) is 11.8 Å². The van der Waals surface area contributed by atoms with Gasteiger partial charge in [0.2, 0.25) is 0 Å². The number of fused-ring (bicyclic) bond motifs is 5. The van der Waals surface area contributed by atoms with Crippen LogP contribution in [0.5, 0.6) is 0 Å². The maximum absolute atomic E-state index is 12.4. The normalized spacial score (nSPS) is 25.6. The lowest BCUT2D eigenvalue weighted by Crippen LogP contribution is -2.46. The molecule has 0 radical (unpaired) electrons. The quantitative estimate of drug-likeness (QED) is 0.389. The average molecular weight is 366 g/mol. The number of benzene rings is 1. The fourth-order valence-electron chi connectivity index (χ4n) is 4.80. The monoisotopic (exact) mass is 366 g/mol. The molecule has 0 saturated carbocycles. The molecule has 0 amide bonds. The first-order valence-electron chi connectivity index (χ1n) is 9.45. The Kier molecular flexibility index (Phi) is 4.79. The van der Waals surface area contributed by atoms with E-state index in [9.17, 15) is 4.79 Å². The Morgan fingerprint density at radius 3 is 2.89 bits per heavy atom. The Bertz CT molecular complexity index is 898. The van der Waals surface area contributed by atoms with Gasteiger partial charge < -0.3 is 14.5 Å². The van der Waals surface area contributed by atoms with Crippen molar-refractivity contribution in [2.75, 3.05) is 27.3 Å². The Morgan fingerprint density at radius 2 is 2.15 bits per heavy atom. The average Bonchev–Trinajstić information content (AvgIpc) is 3.09. The van der Waals surface area contributed by atoms with Crippen molar-refractivity contribution < 1.29 is 14.3 Å². The number of aromatic amines is 1. The maximum atomic E-state index is 12.4. The zero-order chi connectivity index (χ0) is 19.0. The van der Waals surface area contributed by atoms with Crippen molar-refractivity contribution in [3.63, 3.8) is 0 Å². The summed E-state index contributed by atoms with van der Waals surface area (Å²) in [5.74, 6) is -0.115. The molecule has 1 saturated heterocycles. The van der Waals surface area contributed by atoms with Gasteiger partial charge in [-0.2, -0.15) is 0 Å². The largest absolute Gasteiger partial charge is 0.504 e. The molecule has 1 N–H and O–H groups in total. The summed E-state index contributed by atoms with van der Waals surface area (Å²) in [6.07, 6.45) is 5.38. The molecule has 3 heterocycles. The molecule has 3 atom stereocenters. The summed E-state index contributed by atoms with van der Waals surface area (Å²) in [5.41, 5.74) is 4.48. The highest BCUT2D eigenvalue weighted by Crippen LogP contribution is 2.45. The van der Waals surface area contributed by atoms with Gasteiger partial charge in [-0.05, 0) is 30.4 Å². The summed E-state index contributed by atoms with van der Waals surface area (Å²) in [6.45, 7) is 5.93. The number of rotatable bonds is 4. The number of hydrogen-bond acceptors (Lipinski definition) is 4. The molecule has 5 heteroatoms. The summed E-state index contributed by atoms with van der Waals surface area (Å²) in [6, 6.07) is 8.74. The Hall–Kier alpha value is -2.53. The zero-order valence-corrected chi connectivity index (χ0v) is 15.9. The van der Waals surface area contributed by atoms with Crippen molar-refractivity contribution in [3.05, 3.63) is 60.0 Å². The molecule has 2 aromatic rings. The molecule has 0 bridgehead atoms. The van der Waals surface area contributed by atoms with Gasteiger partial charge in [0.1, 0.15) is 0 Å². The van der Waals surface area contributed by atoms with E-state index in [0.717, 1.165) is 25.9 Å². The van der Waals surface area contributed by atoms with Crippen LogP contribution in [0.3, 0.4) is 0 Å². The van der Waals surface area contributed by atoms with E-state index in [1.807, 2.05) is 6.08 Å². The van der Waals surface area contributed by atoms with Gasteiger partial charge in [0.15, 0.2) is 0 Å². The van der Waals surface area contributed by atoms with Gasteiger partial charge in [-0.3, -0.25) is 4.90 Å². The van der Waals surface area contributed by atoms with Crippen LogP contribution < -0.4 is 0 Å². The van der Waals surface area contributed by atoms with Crippen LogP contribution in [0.15, 0.2) is 48.8 Å². The van der Waals surface area contributed by atoms with Gasteiger partial charge in [0.25, 0.3) is 0 Å². The highest BCUT2D eigenvalue weighted by atomic mass is 16.5. The molecule has 27 heavy (non-hydrogen) atoms. The van der Waals surface area contributed by atoms with E-state index in [1.165, 1.54) is 35.5 Å². The number of carbonyl (C=O) groups excluding carboxylic acids is 1. The Labute approximate surface area is 159 Å². The number of esters is 1. The molecule has 2 aliphatic heterocycles. The predicted octanol–water partition coefficient (Wildman–Crippen LogP) is 3.59. The van der Waals surface area contributed by atoms with E-state index >= 15 is 0 Å². The number of nitrogens with one attached hydrogen (secondary N) is 1. The minimum Gasteiger partial charge on any atom is -0.504 e. The van der Waals surface area contributed by atoms with Gasteiger partial charge in [0, 0.05) is 35.6 Å². The van der Waals surface area contributed by atoms with Crippen LogP contribution in [0.4, 0.5) is 0 Å². The SMILES string of the molecule is C=CC1CN2CCc3c([nH]c4ccccc34)[C@@H]2C[C@@H]1/C(=C\OC)C(=O)OC. The molecular formula is C22H26N2O3. The molecule has 0 aliphatic carbocycles. The maximum Gasteiger partial charge on any atom is 0.337 e. The first-order valence-corrected chi connectivity index (χ1v) is 9.45. The minimum absolute atomic E-state index is 0.0218. The van der Waals surface area contributed by atoms with E-state index in [4.69, 9.17) is 9.47 Å². The van der Waals surface area contributed by atoms with E-state index < -0.39 is 0 Å². The lowest BCUT2D eigenvalue weighted by atomic mass is 9.75. The second-order valence-electron chi connectivity index (χ2n) is 7.37. The predicted molar refractivity (Wildman–Crippen MR) is 105 cm³/mol. The summed E-state index contributed by atoms with van der Waals surface area (Å²) < 4.78 is 10.2. The lowest BCUT2D eigenvalue weighted by Gasteiger charge is -2.45. The molecular weight excluding hydrogens is 340 g/mol. The molecule has 2 aliphatic rings. The second kappa shape index (κ2) is 7.24. The number of aromatic nitrogens is 1. The minimum atomic E-state index is -0.324. The number of carbonyl (C=O) groups is 1. The molecule has 1 aromatic heterocycles. The second-order valence-corrected chi connectivity index (χ2v) is 7.37. The zero-order valence-electron chi connectivity index (χ0n) is 15.9. The van der Waals surface area contributed by atoms with E-state index in [0.29, 0.717) is 5.57 Å². The van der Waals surface area contributed by atoms with Gasteiger partial charge in [-0.1, -0.05) is 24.3 Å². The van der Waals surface area contributed by atoms with Gasteiger partial charge >= 0.3 is 5.97 Å². The summed E-state index contributed by atoms with van der Waals surface area (Å²) in [4.78, 5) is 18.5. The summed E-state index contributed by atoms with van der Waals surface area (Å²) >= 11 is 0. The van der Waals surface area contributed by atoms with Crippen molar-refractivity contribution >= 4 is 16.9 Å². The number of nitrogens with zero attached hydrogens (tertiary/aromatic N) is 1. The van der Waals surface area contributed by atoms with Crippen molar-refractivity contribution in [2.45, 2.75) is 18.9 Å². The van der Waals surface area contributed by atoms with Gasteiger partial charge in [0.05, 0.1) is 32.1 Å². The number of para-hydroxylation sites is 1. The van der Waals surface area contributed by atoms with Crippen LogP contribution in [0, 0.1) is 11.8 Å². The Morgan fingerprint density at radius 1 is 1.33 bits per heavy atom. The molecule has 1 unspecified atom stereocenters. The van der Waals surface area contributed by atoms with Crippen LogP contribution in [0.2, 0.25) is 0 Å². The molecule has 142 valence electrons. The number of ether oxygens (including phenoxy) is 2. The van der Waals surface area contributed by atoms with E-state index in [-0.39, 0.29) is 23.8 Å². The van der Waals surface area contributed by atoms with E-state index in [2.05, 4.69) is 40.7 Å². The van der Waals surface area contributed by atoms with Crippen LogP contribution in [-0.4, -0.2) is 43.2 Å². The number of H-pyrrole nitrogens is 1. The van der Waals surface area contributed by atoms with Crippen LogP contribution in [0.1, 0.15) is 23.7 Å². The topological polar surface area (TPSA) is 54.6 Å². The number of piperidine rings is 1. The fraction of sp³-hybridized carbons (Fsp3) is 0.409. The summed E-state index contributed by atoms with van der Waals surface area (Å²) in [5, 5.41) is 1.31. The van der Waals surface area contributed by atoms with E-state index in [1.54, 1.807) is 7.11 Å². The van der Waals surface area contributed by atoms with Gasteiger partial charge in [-0.15, -0.1) is 6.58 Å². The van der Waals surface area contributed by atoms with Crippen molar-refractivity contribution in [1.82, 2.24) is 9.88 Å². The summed E-state index contributed by atoms with van der Waals surface area (Å²) in [7, 11) is 2.98. The third kappa shape index (κ3) is 2.96. The molecule has 5 nitrogen and oxygen atoms in total. The highest BCUT2D eigenvalue weighted by Gasteiger charge is 2.42. The van der Waals surface area contributed by atoms with Crippen LogP contribution in [0.25, 0.3) is 10.9 Å². The van der Waals surface area contributed by atoms with Crippen molar-refractivity contribution in [3.8, 4) is 0 Å². The number of methoxy groups -OCH3 is 2. The highest BCUT2D eigenvalue weighted by molar-refractivity contribution is 5.89. The standard InChI is InChI=1S/C22H26N2O3/c1-4-14-12-24-10-9-16-15-7-5-6-8-19(15)23-21(16)20(24)11-17(14)18(13-26-2)22(25)27-3/h4-8,13-14,17,20,23H,1,9-12H2,2-3H3/b18-13+/t14?,17-,20-/m0/s1. The lowest BCUT2D eigenvalue weighted by molar-refractivity contribution is -0.137. The smallest absolute Gasteiger partial charge is 0.337 e. The molecule has 1 fully saturated rings. The molecule has 4 rings (SSSR count). The first kappa shape index (κ1) is 17.9. The number of hydrogen-bond donors (Lipinski definition) is 1. The Balaban J connectivity index is 1.74.